The van der Waals surface area contributed by atoms with E-state index in [9.17, 15) is 18.0 Å². The highest BCUT2D eigenvalue weighted by Gasteiger charge is 2.31. The number of aromatic nitrogens is 1. The van der Waals surface area contributed by atoms with Gasteiger partial charge in [0.2, 0.25) is 0 Å². The molecule has 1 aromatic rings. The molecule has 18 heavy (non-hydrogen) atoms. The van der Waals surface area contributed by atoms with E-state index < -0.39 is 17.6 Å². The van der Waals surface area contributed by atoms with Gasteiger partial charge in [-0.25, -0.2) is 0 Å². The first-order valence-corrected chi connectivity index (χ1v) is 5.81. The number of amides is 1. The van der Waals surface area contributed by atoms with Crippen molar-refractivity contribution in [3.05, 3.63) is 29.6 Å². The number of halogens is 3. The topological polar surface area (TPSA) is 42.0 Å². The lowest BCUT2D eigenvalue weighted by Crippen LogP contribution is -2.33. The van der Waals surface area contributed by atoms with Crippen LogP contribution in [0.1, 0.15) is 41.7 Å². The van der Waals surface area contributed by atoms with E-state index in [0.717, 1.165) is 37.8 Å². The minimum Gasteiger partial charge on any atom is -0.348 e. The van der Waals surface area contributed by atoms with Crippen LogP contribution in [-0.2, 0) is 6.18 Å². The van der Waals surface area contributed by atoms with E-state index in [4.69, 9.17) is 0 Å². The molecule has 1 aliphatic carbocycles. The van der Waals surface area contributed by atoms with Crippen molar-refractivity contribution in [2.45, 2.75) is 37.9 Å². The number of hydrogen-bond acceptors (Lipinski definition) is 2. The molecule has 0 spiro atoms. The predicted octanol–water partition coefficient (Wildman–Crippen LogP) is 2.77. The van der Waals surface area contributed by atoms with Crippen LogP contribution in [0.15, 0.2) is 18.3 Å². The minimum absolute atomic E-state index is 0.0231. The first-order chi connectivity index (χ1) is 8.47. The lowest BCUT2D eigenvalue weighted by Gasteiger charge is -2.11. The van der Waals surface area contributed by atoms with E-state index in [-0.39, 0.29) is 11.7 Å². The van der Waals surface area contributed by atoms with Crippen molar-refractivity contribution in [2.24, 2.45) is 0 Å². The standard InChI is InChI=1S/C12H13F3N2O/c13-12(14,15)8-5-6-10(16-7-8)11(18)17-9-3-1-2-4-9/h5-7,9H,1-4H2,(H,17,18). The normalized spacial score (nSPS) is 16.8. The molecule has 0 radical (unpaired) electrons. The van der Waals surface area contributed by atoms with Crippen LogP contribution in [0, 0.1) is 0 Å². The summed E-state index contributed by atoms with van der Waals surface area (Å²) < 4.78 is 36.9. The van der Waals surface area contributed by atoms with E-state index >= 15 is 0 Å². The highest BCUT2D eigenvalue weighted by atomic mass is 19.4. The summed E-state index contributed by atoms with van der Waals surface area (Å²) in [6, 6.07) is 2.10. The van der Waals surface area contributed by atoms with Crippen molar-refractivity contribution in [3.63, 3.8) is 0 Å². The molecule has 2 rings (SSSR count). The summed E-state index contributed by atoms with van der Waals surface area (Å²) >= 11 is 0. The largest absolute Gasteiger partial charge is 0.417 e. The van der Waals surface area contributed by atoms with Gasteiger partial charge < -0.3 is 5.32 Å². The van der Waals surface area contributed by atoms with Gasteiger partial charge in [0.15, 0.2) is 0 Å². The van der Waals surface area contributed by atoms with E-state index in [1.165, 1.54) is 0 Å². The second-order valence-corrected chi connectivity index (χ2v) is 4.38. The Bertz CT molecular complexity index is 422. The van der Waals surface area contributed by atoms with Crippen molar-refractivity contribution in [1.82, 2.24) is 10.3 Å². The number of alkyl halides is 3. The predicted molar refractivity (Wildman–Crippen MR) is 59.0 cm³/mol. The van der Waals surface area contributed by atoms with Crippen LogP contribution >= 0.6 is 0 Å². The average molecular weight is 258 g/mol. The van der Waals surface area contributed by atoms with Gasteiger partial charge in [-0.2, -0.15) is 13.2 Å². The van der Waals surface area contributed by atoms with Crippen LogP contribution < -0.4 is 5.32 Å². The Kier molecular flexibility index (Phi) is 3.54. The number of hydrogen-bond donors (Lipinski definition) is 1. The fraction of sp³-hybridized carbons (Fsp3) is 0.500. The van der Waals surface area contributed by atoms with Crippen LogP contribution in [0.3, 0.4) is 0 Å². The van der Waals surface area contributed by atoms with Crippen LogP contribution in [0.5, 0.6) is 0 Å². The lowest BCUT2D eigenvalue weighted by molar-refractivity contribution is -0.137. The molecule has 0 aliphatic heterocycles. The smallest absolute Gasteiger partial charge is 0.348 e. The lowest BCUT2D eigenvalue weighted by atomic mass is 10.2. The summed E-state index contributed by atoms with van der Waals surface area (Å²) in [6.07, 6.45) is 0.256. The third kappa shape index (κ3) is 3.00. The summed E-state index contributed by atoms with van der Waals surface area (Å²) in [5.74, 6) is -0.407. The Hall–Kier alpha value is -1.59. The van der Waals surface area contributed by atoms with Gasteiger partial charge >= 0.3 is 6.18 Å². The molecule has 1 fully saturated rings. The van der Waals surface area contributed by atoms with Gasteiger partial charge in [0, 0.05) is 12.2 Å². The summed E-state index contributed by atoms with van der Waals surface area (Å²) in [4.78, 5) is 15.3. The Morgan fingerprint density at radius 2 is 1.94 bits per heavy atom. The Labute approximate surface area is 102 Å². The number of carbonyl (C=O) groups excluding carboxylic acids is 1. The van der Waals surface area contributed by atoms with Crippen molar-refractivity contribution in [2.75, 3.05) is 0 Å². The second kappa shape index (κ2) is 4.96. The van der Waals surface area contributed by atoms with Gasteiger partial charge in [0.25, 0.3) is 5.91 Å². The summed E-state index contributed by atoms with van der Waals surface area (Å²) in [5.41, 5.74) is -0.824. The molecule has 0 unspecified atom stereocenters. The van der Waals surface area contributed by atoms with Gasteiger partial charge in [-0.05, 0) is 25.0 Å². The summed E-state index contributed by atoms with van der Waals surface area (Å²) in [5, 5.41) is 2.77. The number of pyridine rings is 1. The third-order valence-corrected chi connectivity index (χ3v) is 3.01. The fourth-order valence-corrected chi connectivity index (χ4v) is 2.03. The van der Waals surface area contributed by atoms with Crippen molar-refractivity contribution in [3.8, 4) is 0 Å². The molecule has 3 nitrogen and oxygen atoms in total. The highest BCUT2D eigenvalue weighted by Crippen LogP contribution is 2.28. The van der Waals surface area contributed by atoms with Gasteiger partial charge in [0.1, 0.15) is 5.69 Å². The Balaban J connectivity index is 2.02. The summed E-state index contributed by atoms with van der Waals surface area (Å²) in [6.45, 7) is 0. The van der Waals surface area contributed by atoms with E-state index in [1.54, 1.807) is 0 Å². The van der Waals surface area contributed by atoms with Crippen molar-refractivity contribution >= 4 is 5.91 Å². The molecule has 1 amide bonds. The molecular formula is C12H13F3N2O. The van der Waals surface area contributed by atoms with E-state index in [2.05, 4.69) is 10.3 Å². The monoisotopic (exact) mass is 258 g/mol. The molecule has 0 saturated heterocycles. The average Bonchev–Trinajstić information content (AvgIpc) is 2.81. The van der Waals surface area contributed by atoms with Gasteiger partial charge in [-0.3, -0.25) is 9.78 Å². The maximum Gasteiger partial charge on any atom is 0.417 e. The second-order valence-electron chi connectivity index (χ2n) is 4.38. The van der Waals surface area contributed by atoms with Crippen molar-refractivity contribution < 1.29 is 18.0 Å². The van der Waals surface area contributed by atoms with E-state index in [0.29, 0.717) is 6.20 Å². The molecular weight excluding hydrogens is 245 g/mol. The quantitative estimate of drug-likeness (QED) is 0.886. The zero-order valence-electron chi connectivity index (χ0n) is 9.63. The maximum absolute atomic E-state index is 12.3. The number of nitrogens with one attached hydrogen (secondary N) is 1. The van der Waals surface area contributed by atoms with Crippen LogP contribution in [0.2, 0.25) is 0 Å². The molecule has 0 atom stereocenters. The first kappa shape index (κ1) is 12.9. The molecule has 1 N–H and O–H groups in total. The zero-order valence-corrected chi connectivity index (χ0v) is 9.63. The molecule has 1 aromatic heterocycles. The Morgan fingerprint density at radius 3 is 2.44 bits per heavy atom. The number of nitrogens with zero attached hydrogens (tertiary/aromatic N) is 1. The Morgan fingerprint density at radius 1 is 1.28 bits per heavy atom. The van der Waals surface area contributed by atoms with Gasteiger partial charge in [-0.15, -0.1) is 0 Å². The molecule has 1 saturated carbocycles. The van der Waals surface area contributed by atoms with Crippen LogP contribution in [-0.4, -0.2) is 16.9 Å². The molecule has 98 valence electrons. The first-order valence-electron chi connectivity index (χ1n) is 5.81. The number of carbonyl (C=O) groups is 1. The van der Waals surface area contributed by atoms with E-state index in [1.807, 2.05) is 0 Å². The molecule has 1 heterocycles. The molecule has 6 heteroatoms. The maximum atomic E-state index is 12.3. The third-order valence-electron chi connectivity index (χ3n) is 3.01. The number of rotatable bonds is 2. The van der Waals surface area contributed by atoms with Crippen molar-refractivity contribution in [1.29, 1.82) is 0 Å². The SMILES string of the molecule is O=C(NC1CCCC1)c1ccc(C(F)(F)F)cn1. The highest BCUT2D eigenvalue weighted by molar-refractivity contribution is 5.92. The molecule has 0 bridgehead atoms. The summed E-state index contributed by atoms with van der Waals surface area (Å²) in [7, 11) is 0. The van der Waals surface area contributed by atoms with Crippen LogP contribution in [0.25, 0.3) is 0 Å². The van der Waals surface area contributed by atoms with Gasteiger partial charge in [0.05, 0.1) is 5.56 Å². The van der Waals surface area contributed by atoms with Gasteiger partial charge in [-0.1, -0.05) is 12.8 Å². The molecule has 1 aliphatic rings. The molecule has 0 aromatic carbocycles. The minimum atomic E-state index is -4.42. The van der Waals surface area contributed by atoms with Crippen LogP contribution in [0.4, 0.5) is 13.2 Å². The fourth-order valence-electron chi connectivity index (χ4n) is 2.03. The zero-order chi connectivity index (χ0) is 13.2.